The molecular formula is C17H19FN2O3S. The summed E-state index contributed by atoms with van der Waals surface area (Å²) in [6.07, 6.45) is 0.752. The van der Waals surface area contributed by atoms with Gasteiger partial charge in [-0.2, -0.15) is 0 Å². The second-order valence-corrected chi connectivity index (χ2v) is 7.01. The van der Waals surface area contributed by atoms with Crippen molar-refractivity contribution in [2.75, 3.05) is 17.4 Å². The van der Waals surface area contributed by atoms with E-state index in [9.17, 15) is 17.6 Å². The lowest BCUT2D eigenvalue weighted by Crippen LogP contribution is -2.41. The molecule has 0 bridgehead atoms. The predicted molar refractivity (Wildman–Crippen MR) is 90.7 cm³/mol. The average Bonchev–Trinajstić information content (AvgIpc) is 2.59. The normalized spacial score (nSPS) is 11.1. The zero-order chi connectivity index (χ0) is 17.6. The number of para-hydroxylation sites is 1. The van der Waals surface area contributed by atoms with Gasteiger partial charge in [-0.3, -0.25) is 9.10 Å². The molecule has 1 N–H and O–H groups in total. The molecule has 0 aliphatic heterocycles. The summed E-state index contributed by atoms with van der Waals surface area (Å²) in [5, 5.41) is 2.66. The first-order valence-electron chi connectivity index (χ1n) is 7.55. The lowest BCUT2D eigenvalue weighted by atomic mass is 10.3. The Balaban J connectivity index is 2.38. The van der Waals surface area contributed by atoms with E-state index in [0.717, 1.165) is 22.9 Å². The van der Waals surface area contributed by atoms with Gasteiger partial charge >= 0.3 is 0 Å². The summed E-state index contributed by atoms with van der Waals surface area (Å²) in [6, 6.07) is 12.9. The minimum atomic E-state index is -3.99. The van der Waals surface area contributed by atoms with E-state index >= 15 is 0 Å². The van der Waals surface area contributed by atoms with Crippen LogP contribution in [0.15, 0.2) is 59.5 Å². The van der Waals surface area contributed by atoms with E-state index in [0.29, 0.717) is 12.2 Å². The standard InChI is InChI=1S/C17H19FN2O3S/c1-2-12-19-17(21)13-20(15-6-4-3-5-7-15)24(22,23)16-10-8-14(18)9-11-16/h3-11H,2,12-13H2,1H3,(H,19,21). The molecule has 2 rings (SSSR count). The summed E-state index contributed by atoms with van der Waals surface area (Å²) < 4.78 is 39.8. The molecule has 0 unspecified atom stereocenters. The minimum Gasteiger partial charge on any atom is -0.355 e. The first kappa shape index (κ1) is 17.9. The fraction of sp³-hybridized carbons (Fsp3) is 0.235. The number of halogens is 1. The zero-order valence-corrected chi connectivity index (χ0v) is 14.1. The van der Waals surface area contributed by atoms with Gasteiger partial charge in [0.2, 0.25) is 5.91 Å². The number of anilines is 1. The molecule has 0 radical (unpaired) electrons. The zero-order valence-electron chi connectivity index (χ0n) is 13.3. The van der Waals surface area contributed by atoms with Crippen molar-refractivity contribution < 1.29 is 17.6 Å². The minimum absolute atomic E-state index is 0.0731. The molecule has 0 saturated heterocycles. The smallest absolute Gasteiger partial charge is 0.264 e. The number of hydrogen-bond donors (Lipinski definition) is 1. The number of hydrogen-bond acceptors (Lipinski definition) is 3. The van der Waals surface area contributed by atoms with Crippen LogP contribution in [-0.4, -0.2) is 27.4 Å². The third-order valence-electron chi connectivity index (χ3n) is 3.31. The summed E-state index contributed by atoms with van der Waals surface area (Å²) in [5.41, 5.74) is 0.369. The third-order valence-corrected chi connectivity index (χ3v) is 5.09. The van der Waals surface area contributed by atoms with Crippen LogP contribution in [0.5, 0.6) is 0 Å². The van der Waals surface area contributed by atoms with Crippen molar-refractivity contribution >= 4 is 21.6 Å². The van der Waals surface area contributed by atoms with E-state index in [1.54, 1.807) is 30.3 Å². The molecule has 24 heavy (non-hydrogen) atoms. The van der Waals surface area contributed by atoms with Gasteiger partial charge in [-0.15, -0.1) is 0 Å². The van der Waals surface area contributed by atoms with Gasteiger partial charge in [-0.05, 0) is 42.8 Å². The molecule has 128 valence electrons. The molecule has 0 aliphatic rings. The summed E-state index contributed by atoms with van der Waals surface area (Å²) >= 11 is 0. The molecule has 0 fully saturated rings. The maximum Gasteiger partial charge on any atom is 0.264 e. The lowest BCUT2D eigenvalue weighted by molar-refractivity contribution is -0.119. The number of rotatable bonds is 7. The SMILES string of the molecule is CCCNC(=O)CN(c1ccccc1)S(=O)(=O)c1ccc(F)cc1. The van der Waals surface area contributed by atoms with Gasteiger partial charge in [0, 0.05) is 6.54 Å². The van der Waals surface area contributed by atoms with E-state index in [1.165, 1.54) is 12.1 Å². The summed E-state index contributed by atoms with van der Waals surface area (Å²) in [7, 11) is -3.99. The molecule has 7 heteroatoms. The number of amides is 1. The monoisotopic (exact) mass is 350 g/mol. The van der Waals surface area contributed by atoms with Crippen LogP contribution in [0, 0.1) is 5.82 Å². The van der Waals surface area contributed by atoms with Crippen molar-refractivity contribution in [1.29, 1.82) is 0 Å². The van der Waals surface area contributed by atoms with Crippen molar-refractivity contribution in [1.82, 2.24) is 5.32 Å². The van der Waals surface area contributed by atoms with Crippen molar-refractivity contribution in [2.45, 2.75) is 18.2 Å². The van der Waals surface area contributed by atoms with Gasteiger partial charge in [0.1, 0.15) is 12.4 Å². The number of carbonyl (C=O) groups excluding carboxylic acids is 1. The second kappa shape index (κ2) is 7.92. The Morgan fingerprint density at radius 2 is 1.71 bits per heavy atom. The Bertz CT molecular complexity index is 777. The van der Waals surface area contributed by atoms with Crippen molar-refractivity contribution in [3.8, 4) is 0 Å². The van der Waals surface area contributed by atoms with Crippen molar-refractivity contribution in [3.63, 3.8) is 0 Å². The molecule has 0 atom stereocenters. The highest BCUT2D eigenvalue weighted by Gasteiger charge is 2.26. The third kappa shape index (κ3) is 4.32. The lowest BCUT2D eigenvalue weighted by Gasteiger charge is -2.24. The first-order chi connectivity index (χ1) is 11.4. The van der Waals surface area contributed by atoms with Crippen LogP contribution < -0.4 is 9.62 Å². The molecule has 0 aliphatic carbocycles. The largest absolute Gasteiger partial charge is 0.355 e. The molecule has 5 nitrogen and oxygen atoms in total. The van der Waals surface area contributed by atoms with Gasteiger partial charge in [0.25, 0.3) is 10.0 Å². The molecule has 0 heterocycles. The fourth-order valence-corrected chi connectivity index (χ4v) is 3.51. The number of benzene rings is 2. The first-order valence-corrected chi connectivity index (χ1v) is 8.99. The molecule has 0 saturated carbocycles. The second-order valence-electron chi connectivity index (χ2n) is 5.15. The number of nitrogens with zero attached hydrogens (tertiary/aromatic N) is 1. The van der Waals surface area contributed by atoms with Crippen molar-refractivity contribution in [3.05, 3.63) is 60.4 Å². The number of carbonyl (C=O) groups is 1. The Morgan fingerprint density at radius 1 is 1.08 bits per heavy atom. The quantitative estimate of drug-likeness (QED) is 0.834. The number of nitrogens with one attached hydrogen (secondary N) is 1. The molecule has 0 spiro atoms. The van der Waals surface area contributed by atoms with E-state index in [-0.39, 0.29) is 11.4 Å². The fourth-order valence-electron chi connectivity index (χ4n) is 2.09. The Labute approximate surface area is 141 Å². The molecule has 2 aromatic carbocycles. The van der Waals surface area contributed by atoms with E-state index in [4.69, 9.17) is 0 Å². The Morgan fingerprint density at radius 3 is 2.29 bits per heavy atom. The van der Waals surface area contributed by atoms with Gasteiger partial charge < -0.3 is 5.32 Å². The maximum atomic E-state index is 13.1. The topological polar surface area (TPSA) is 66.5 Å². The average molecular weight is 350 g/mol. The van der Waals surface area contributed by atoms with E-state index in [2.05, 4.69) is 5.32 Å². The summed E-state index contributed by atoms with van der Waals surface area (Å²) in [5.74, 6) is -0.924. The van der Waals surface area contributed by atoms with Crippen LogP contribution in [0.4, 0.5) is 10.1 Å². The predicted octanol–water partition coefficient (Wildman–Crippen LogP) is 2.55. The van der Waals surface area contributed by atoms with Crippen LogP contribution in [0.25, 0.3) is 0 Å². The van der Waals surface area contributed by atoms with Gasteiger partial charge in [0.15, 0.2) is 0 Å². The van der Waals surface area contributed by atoms with Gasteiger partial charge in [-0.25, -0.2) is 12.8 Å². The van der Waals surface area contributed by atoms with Crippen molar-refractivity contribution in [2.24, 2.45) is 0 Å². The van der Waals surface area contributed by atoms with Crippen LogP contribution >= 0.6 is 0 Å². The highest BCUT2D eigenvalue weighted by Crippen LogP contribution is 2.23. The molecular weight excluding hydrogens is 331 g/mol. The molecule has 1 amide bonds. The van der Waals surface area contributed by atoms with E-state index in [1.807, 2.05) is 6.92 Å². The van der Waals surface area contributed by atoms with E-state index < -0.39 is 21.7 Å². The molecule has 0 aromatic heterocycles. The molecule has 2 aromatic rings. The Hall–Kier alpha value is -2.41. The van der Waals surface area contributed by atoms with Crippen LogP contribution in [0.3, 0.4) is 0 Å². The van der Waals surface area contributed by atoms with Gasteiger partial charge in [0.05, 0.1) is 10.6 Å². The Kier molecular flexibility index (Phi) is 5.92. The van der Waals surface area contributed by atoms with Gasteiger partial charge in [-0.1, -0.05) is 25.1 Å². The maximum absolute atomic E-state index is 13.1. The summed E-state index contributed by atoms with van der Waals surface area (Å²) in [4.78, 5) is 12.0. The highest BCUT2D eigenvalue weighted by molar-refractivity contribution is 7.92. The summed E-state index contributed by atoms with van der Waals surface area (Å²) in [6.45, 7) is 2.03. The van der Waals surface area contributed by atoms with Crippen LogP contribution in [0.1, 0.15) is 13.3 Å². The number of sulfonamides is 1. The van der Waals surface area contributed by atoms with Crippen LogP contribution in [0.2, 0.25) is 0 Å². The van der Waals surface area contributed by atoms with Crippen LogP contribution in [-0.2, 0) is 14.8 Å². The highest BCUT2D eigenvalue weighted by atomic mass is 32.2.